The highest BCUT2D eigenvalue weighted by molar-refractivity contribution is 6.51. The maximum atomic E-state index is 13.5. The van der Waals surface area contributed by atoms with E-state index in [2.05, 4.69) is 18.7 Å². The Morgan fingerprint density at radius 3 is 2.14 bits per heavy atom. The minimum absolute atomic E-state index is 0.0129. The van der Waals surface area contributed by atoms with Crippen molar-refractivity contribution in [3.63, 3.8) is 0 Å². The summed E-state index contributed by atoms with van der Waals surface area (Å²) < 4.78 is 5.71. The van der Waals surface area contributed by atoms with Gasteiger partial charge in [-0.1, -0.05) is 24.3 Å². The number of Topliss-reactive ketones (excluding diaryl/α,β-unsaturated/α-hetero) is 1. The number of aliphatic hydroxyl groups is 1. The average molecular weight is 499 g/mol. The molecule has 0 bridgehead atoms. The number of carbonyl (C=O) groups excluding carboxylic acids is 2. The van der Waals surface area contributed by atoms with Crippen molar-refractivity contribution in [2.45, 2.75) is 46.8 Å². The average Bonchev–Trinajstić information content (AvgIpc) is 3.15. The number of benzene rings is 3. The van der Waals surface area contributed by atoms with Crippen LogP contribution >= 0.6 is 0 Å². The molecular weight excluding hydrogens is 464 g/mol. The number of hydrogen-bond acceptors (Lipinski definition) is 5. The first-order valence-corrected chi connectivity index (χ1v) is 12.7. The van der Waals surface area contributed by atoms with Gasteiger partial charge in [0.25, 0.3) is 11.7 Å². The third-order valence-corrected chi connectivity index (χ3v) is 6.68. The Balaban J connectivity index is 1.84. The summed E-state index contributed by atoms with van der Waals surface area (Å²) in [4.78, 5) is 30.6. The van der Waals surface area contributed by atoms with Crippen LogP contribution in [0.3, 0.4) is 0 Å². The molecule has 0 aromatic heterocycles. The van der Waals surface area contributed by atoms with E-state index in [1.54, 1.807) is 24.3 Å². The molecule has 192 valence electrons. The standard InChI is InChI=1S/C31H34N2O4/c1-6-32(7-2)23-14-16-24(17-15-23)33-28(26-11-9-8-10-21(26)5)27(30(35)31(33)36)29(34)22-12-18-25(19-13-22)37-20(3)4/h8-20,28,34H,6-7H2,1-5H3/b29-27+. The first kappa shape index (κ1) is 26.0. The Bertz CT molecular complexity index is 1310. The fourth-order valence-corrected chi connectivity index (χ4v) is 4.82. The molecule has 1 atom stereocenters. The lowest BCUT2D eigenvalue weighted by Gasteiger charge is -2.27. The largest absolute Gasteiger partial charge is 0.507 e. The van der Waals surface area contributed by atoms with Gasteiger partial charge in [0.15, 0.2) is 0 Å². The van der Waals surface area contributed by atoms with Crippen molar-refractivity contribution in [2.75, 3.05) is 22.9 Å². The summed E-state index contributed by atoms with van der Waals surface area (Å²) in [5.41, 5.74) is 3.88. The van der Waals surface area contributed by atoms with Crippen molar-refractivity contribution < 1.29 is 19.4 Å². The lowest BCUT2D eigenvalue weighted by molar-refractivity contribution is -0.132. The molecule has 1 amide bonds. The fourth-order valence-electron chi connectivity index (χ4n) is 4.82. The number of anilines is 2. The van der Waals surface area contributed by atoms with E-state index < -0.39 is 17.7 Å². The van der Waals surface area contributed by atoms with E-state index in [1.165, 1.54) is 4.90 Å². The number of amides is 1. The van der Waals surface area contributed by atoms with Gasteiger partial charge in [-0.25, -0.2) is 0 Å². The summed E-state index contributed by atoms with van der Waals surface area (Å²) >= 11 is 0. The van der Waals surface area contributed by atoms with Crippen molar-refractivity contribution in [2.24, 2.45) is 0 Å². The van der Waals surface area contributed by atoms with Gasteiger partial charge in [-0.3, -0.25) is 14.5 Å². The summed E-state index contributed by atoms with van der Waals surface area (Å²) in [6, 6.07) is 21.4. The molecule has 1 N–H and O–H groups in total. The molecule has 1 saturated heterocycles. The Labute approximate surface area is 218 Å². The number of nitrogens with zero attached hydrogens (tertiary/aromatic N) is 2. The second-order valence-corrected chi connectivity index (χ2v) is 9.41. The zero-order valence-corrected chi connectivity index (χ0v) is 22.1. The number of ether oxygens (including phenoxy) is 1. The normalized spacial score (nSPS) is 16.9. The van der Waals surface area contributed by atoms with Gasteiger partial charge in [0.2, 0.25) is 0 Å². The van der Waals surface area contributed by atoms with Crippen molar-refractivity contribution in [3.8, 4) is 5.75 Å². The van der Waals surface area contributed by atoms with Crippen LogP contribution in [0.1, 0.15) is 50.4 Å². The van der Waals surface area contributed by atoms with Crippen LogP contribution in [-0.2, 0) is 9.59 Å². The molecule has 0 spiro atoms. The summed E-state index contributed by atoms with van der Waals surface area (Å²) in [5, 5.41) is 11.4. The highest BCUT2D eigenvalue weighted by Crippen LogP contribution is 2.43. The van der Waals surface area contributed by atoms with Crippen molar-refractivity contribution in [1.82, 2.24) is 0 Å². The van der Waals surface area contributed by atoms with Crippen LogP contribution in [0.15, 0.2) is 78.4 Å². The molecule has 0 saturated carbocycles. The van der Waals surface area contributed by atoms with Crippen molar-refractivity contribution >= 4 is 28.8 Å². The molecule has 1 fully saturated rings. The van der Waals surface area contributed by atoms with E-state index in [0.717, 1.165) is 29.9 Å². The van der Waals surface area contributed by atoms with Gasteiger partial charge in [0, 0.05) is 30.0 Å². The molecule has 3 aromatic carbocycles. The van der Waals surface area contributed by atoms with Crippen LogP contribution in [0.25, 0.3) is 5.76 Å². The van der Waals surface area contributed by atoms with Crippen LogP contribution in [-0.4, -0.2) is 36.0 Å². The SMILES string of the molecule is CCN(CC)c1ccc(N2C(=O)C(=O)/C(=C(/O)c3ccc(OC(C)C)cc3)C2c2ccccc2C)cc1. The van der Waals surface area contributed by atoms with Crippen molar-refractivity contribution in [1.29, 1.82) is 0 Å². The summed E-state index contributed by atoms with van der Waals surface area (Å²) in [6.07, 6.45) is 0.0129. The highest BCUT2D eigenvalue weighted by atomic mass is 16.5. The summed E-state index contributed by atoms with van der Waals surface area (Å²) in [6.45, 7) is 11.7. The first-order valence-electron chi connectivity index (χ1n) is 12.7. The Hall–Kier alpha value is -4.06. The van der Waals surface area contributed by atoms with Crippen LogP contribution in [0.4, 0.5) is 11.4 Å². The van der Waals surface area contributed by atoms with Gasteiger partial charge < -0.3 is 14.7 Å². The maximum Gasteiger partial charge on any atom is 0.300 e. The number of rotatable bonds is 8. The first-order chi connectivity index (χ1) is 17.8. The smallest absolute Gasteiger partial charge is 0.300 e. The maximum absolute atomic E-state index is 13.5. The molecule has 3 aromatic rings. The zero-order valence-electron chi connectivity index (χ0n) is 22.1. The minimum Gasteiger partial charge on any atom is -0.507 e. The number of hydrogen-bond donors (Lipinski definition) is 1. The molecule has 1 unspecified atom stereocenters. The number of carbonyl (C=O) groups is 2. The molecule has 6 nitrogen and oxygen atoms in total. The van der Waals surface area contributed by atoms with Gasteiger partial charge in [-0.15, -0.1) is 0 Å². The van der Waals surface area contributed by atoms with Gasteiger partial charge in [0.05, 0.1) is 17.7 Å². The van der Waals surface area contributed by atoms with E-state index in [9.17, 15) is 14.7 Å². The highest BCUT2D eigenvalue weighted by Gasteiger charge is 2.47. The Morgan fingerprint density at radius 2 is 1.57 bits per heavy atom. The molecule has 1 aliphatic rings. The van der Waals surface area contributed by atoms with Gasteiger partial charge >= 0.3 is 0 Å². The lowest BCUT2D eigenvalue weighted by atomic mass is 9.92. The van der Waals surface area contributed by atoms with Crippen LogP contribution in [0, 0.1) is 6.92 Å². The fraction of sp³-hybridized carbons (Fsp3) is 0.290. The summed E-state index contributed by atoms with van der Waals surface area (Å²) in [5.74, 6) is -0.910. The molecular formula is C31H34N2O4. The van der Waals surface area contributed by atoms with Gasteiger partial charge in [-0.2, -0.15) is 0 Å². The second kappa shape index (κ2) is 10.9. The molecule has 0 radical (unpaired) electrons. The number of aliphatic hydroxyl groups excluding tert-OH is 1. The van der Waals surface area contributed by atoms with E-state index in [0.29, 0.717) is 17.0 Å². The number of aryl methyl sites for hydroxylation is 1. The summed E-state index contributed by atoms with van der Waals surface area (Å²) in [7, 11) is 0. The minimum atomic E-state index is -0.757. The van der Waals surface area contributed by atoms with E-state index in [-0.39, 0.29) is 17.4 Å². The molecule has 37 heavy (non-hydrogen) atoms. The zero-order chi connectivity index (χ0) is 26.7. The topological polar surface area (TPSA) is 70.1 Å². The van der Waals surface area contributed by atoms with Crippen LogP contribution in [0.2, 0.25) is 0 Å². The predicted octanol–water partition coefficient (Wildman–Crippen LogP) is 6.25. The molecule has 0 aliphatic carbocycles. The van der Waals surface area contributed by atoms with E-state index in [4.69, 9.17) is 4.74 Å². The Morgan fingerprint density at radius 1 is 0.946 bits per heavy atom. The lowest BCUT2D eigenvalue weighted by Crippen LogP contribution is -2.30. The molecule has 1 aliphatic heterocycles. The van der Waals surface area contributed by atoms with E-state index in [1.807, 2.05) is 69.3 Å². The number of ketones is 1. The molecule has 1 heterocycles. The van der Waals surface area contributed by atoms with Crippen LogP contribution < -0.4 is 14.5 Å². The van der Waals surface area contributed by atoms with Gasteiger partial charge in [0.1, 0.15) is 11.5 Å². The Kier molecular flexibility index (Phi) is 7.67. The van der Waals surface area contributed by atoms with Crippen molar-refractivity contribution in [3.05, 3.63) is 95.1 Å². The second-order valence-electron chi connectivity index (χ2n) is 9.41. The van der Waals surface area contributed by atoms with Crippen LogP contribution in [0.5, 0.6) is 5.75 Å². The predicted molar refractivity (Wildman–Crippen MR) is 148 cm³/mol. The monoisotopic (exact) mass is 498 g/mol. The quantitative estimate of drug-likeness (QED) is 0.226. The van der Waals surface area contributed by atoms with E-state index >= 15 is 0 Å². The van der Waals surface area contributed by atoms with Gasteiger partial charge in [-0.05, 0) is 94.3 Å². The molecule has 4 rings (SSSR count). The third kappa shape index (κ3) is 5.10. The molecule has 6 heteroatoms. The third-order valence-electron chi connectivity index (χ3n) is 6.68.